The number of fused-ring (bicyclic) bond motifs is 6. The van der Waals surface area contributed by atoms with Crippen LogP contribution >= 0.6 is 0 Å². The summed E-state index contributed by atoms with van der Waals surface area (Å²) in [6.07, 6.45) is 1.80. The summed E-state index contributed by atoms with van der Waals surface area (Å²) in [4.78, 5) is 20.0. The van der Waals surface area contributed by atoms with Gasteiger partial charge in [0.25, 0.3) is 0 Å². The number of nitrogens with zero attached hydrogens (tertiary/aromatic N) is 4. The third kappa shape index (κ3) is 5.03. The van der Waals surface area contributed by atoms with Crippen LogP contribution in [0.25, 0.3) is 100 Å². The van der Waals surface area contributed by atoms with E-state index in [9.17, 15) is 0 Å². The molecule has 10 aromatic rings. The fourth-order valence-electron chi connectivity index (χ4n) is 7.14. The van der Waals surface area contributed by atoms with Gasteiger partial charge in [0, 0.05) is 28.3 Å². The van der Waals surface area contributed by atoms with E-state index in [4.69, 9.17) is 19.4 Å². The zero-order valence-corrected chi connectivity index (χ0v) is 27.4. The second-order valence-electron chi connectivity index (χ2n) is 12.7. The maximum Gasteiger partial charge on any atom is 0.164 e. The molecular formula is C46H28N4O. The summed E-state index contributed by atoms with van der Waals surface area (Å²) in [5.74, 6) is 1.83. The highest BCUT2D eigenvalue weighted by atomic mass is 16.3. The number of rotatable bonds is 5. The molecule has 0 radical (unpaired) electrons. The lowest BCUT2D eigenvalue weighted by molar-refractivity contribution is 0.668. The first-order valence-corrected chi connectivity index (χ1v) is 17.0. The summed E-state index contributed by atoms with van der Waals surface area (Å²) in [7, 11) is 0. The fourth-order valence-corrected chi connectivity index (χ4v) is 7.14. The van der Waals surface area contributed by atoms with Crippen LogP contribution in [0, 0.1) is 0 Å². The first-order chi connectivity index (χ1) is 25.3. The van der Waals surface area contributed by atoms with E-state index in [-0.39, 0.29) is 0 Å². The Hall–Kier alpha value is -6.98. The summed E-state index contributed by atoms with van der Waals surface area (Å²) in [6, 6.07) is 56.5. The molecule has 0 spiro atoms. The Morgan fingerprint density at radius 1 is 0.353 bits per heavy atom. The normalized spacial score (nSPS) is 11.5. The third-order valence-electron chi connectivity index (χ3n) is 9.58. The molecule has 0 aliphatic carbocycles. The minimum Gasteiger partial charge on any atom is -0.454 e. The van der Waals surface area contributed by atoms with Gasteiger partial charge in [-0.1, -0.05) is 127 Å². The molecule has 0 saturated carbocycles. The van der Waals surface area contributed by atoms with E-state index in [1.165, 1.54) is 21.5 Å². The van der Waals surface area contributed by atoms with E-state index in [0.29, 0.717) is 17.5 Å². The van der Waals surface area contributed by atoms with E-state index in [1.54, 1.807) is 6.20 Å². The van der Waals surface area contributed by atoms with Gasteiger partial charge in [-0.15, -0.1) is 0 Å². The molecule has 0 aliphatic rings. The Bertz CT molecular complexity index is 2860. The smallest absolute Gasteiger partial charge is 0.164 e. The molecule has 5 heteroatoms. The molecule has 3 heterocycles. The second kappa shape index (κ2) is 11.9. The SMILES string of the molecule is c1ccc(-c2nc(-c3ccccc3)nc(-c3cc(-c4cc5ccccc5c5ccccc45)ccc3-c3ccc4oc5cccnc5c4c3)n2)cc1. The average molecular weight is 653 g/mol. The number of aromatic nitrogens is 4. The summed E-state index contributed by atoms with van der Waals surface area (Å²) in [5, 5.41) is 5.81. The highest BCUT2D eigenvalue weighted by molar-refractivity contribution is 6.14. The minimum atomic E-state index is 0.597. The summed E-state index contributed by atoms with van der Waals surface area (Å²) >= 11 is 0. The highest BCUT2D eigenvalue weighted by Gasteiger charge is 2.19. The molecule has 5 nitrogen and oxygen atoms in total. The lowest BCUT2D eigenvalue weighted by atomic mass is 9.90. The summed E-state index contributed by atoms with van der Waals surface area (Å²) < 4.78 is 6.15. The molecular weight excluding hydrogens is 625 g/mol. The predicted octanol–water partition coefficient (Wildman–Crippen LogP) is 11.8. The van der Waals surface area contributed by atoms with Crippen molar-refractivity contribution in [1.82, 2.24) is 19.9 Å². The Labute approximate surface area is 293 Å². The van der Waals surface area contributed by atoms with Crippen LogP contribution in [-0.2, 0) is 0 Å². The quantitative estimate of drug-likeness (QED) is 0.173. The third-order valence-corrected chi connectivity index (χ3v) is 9.58. The van der Waals surface area contributed by atoms with Gasteiger partial charge < -0.3 is 4.42 Å². The zero-order chi connectivity index (χ0) is 33.7. The molecule has 7 aromatic carbocycles. The first kappa shape index (κ1) is 29.0. The maximum atomic E-state index is 6.15. The molecule has 0 fully saturated rings. The van der Waals surface area contributed by atoms with Gasteiger partial charge in [-0.2, -0.15) is 0 Å². The molecule has 0 amide bonds. The molecule has 238 valence electrons. The predicted molar refractivity (Wildman–Crippen MR) is 207 cm³/mol. The molecule has 51 heavy (non-hydrogen) atoms. The van der Waals surface area contributed by atoms with Gasteiger partial charge in [-0.05, 0) is 80.2 Å². The van der Waals surface area contributed by atoms with Gasteiger partial charge in [0.05, 0.1) is 0 Å². The van der Waals surface area contributed by atoms with Crippen molar-refractivity contribution >= 4 is 43.6 Å². The van der Waals surface area contributed by atoms with Crippen LogP contribution in [-0.4, -0.2) is 19.9 Å². The number of furan rings is 1. The monoisotopic (exact) mass is 652 g/mol. The first-order valence-electron chi connectivity index (χ1n) is 17.0. The van der Waals surface area contributed by atoms with Crippen molar-refractivity contribution in [3.63, 3.8) is 0 Å². The van der Waals surface area contributed by atoms with Gasteiger partial charge in [0.15, 0.2) is 23.1 Å². The Morgan fingerprint density at radius 3 is 1.75 bits per heavy atom. The lowest BCUT2D eigenvalue weighted by Crippen LogP contribution is -2.01. The van der Waals surface area contributed by atoms with Crippen LogP contribution in [0.15, 0.2) is 174 Å². The molecule has 10 rings (SSSR count). The van der Waals surface area contributed by atoms with E-state index < -0.39 is 0 Å². The second-order valence-corrected chi connectivity index (χ2v) is 12.7. The molecule has 0 bridgehead atoms. The van der Waals surface area contributed by atoms with Crippen LogP contribution in [0.1, 0.15) is 0 Å². The van der Waals surface area contributed by atoms with Crippen LogP contribution in [0.3, 0.4) is 0 Å². The van der Waals surface area contributed by atoms with Crippen molar-refractivity contribution in [3.05, 3.63) is 170 Å². The van der Waals surface area contributed by atoms with Crippen molar-refractivity contribution in [1.29, 1.82) is 0 Å². The van der Waals surface area contributed by atoms with Crippen LogP contribution in [0.2, 0.25) is 0 Å². The largest absolute Gasteiger partial charge is 0.454 e. The summed E-state index contributed by atoms with van der Waals surface area (Å²) in [5.41, 5.74) is 9.40. The average Bonchev–Trinajstić information content (AvgIpc) is 3.59. The van der Waals surface area contributed by atoms with E-state index in [1.807, 2.05) is 78.9 Å². The van der Waals surface area contributed by atoms with Crippen LogP contribution < -0.4 is 0 Å². The Morgan fingerprint density at radius 2 is 0.980 bits per heavy atom. The topological polar surface area (TPSA) is 64.7 Å². The van der Waals surface area contributed by atoms with Gasteiger partial charge in [0.1, 0.15) is 11.1 Å². The lowest BCUT2D eigenvalue weighted by Gasteiger charge is -2.16. The van der Waals surface area contributed by atoms with E-state index in [0.717, 1.165) is 61.0 Å². The zero-order valence-electron chi connectivity index (χ0n) is 27.4. The van der Waals surface area contributed by atoms with Crippen LogP contribution in [0.5, 0.6) is 0 Å². The Kier molecular flexibility index (Phi) is 6.74. The van der Waals surface area contributed by atoms with Gasteiger partial charge in [-0.25, -0.2) is 15.0 Å². The maximum absolute atomic E-state index is 6.15. The number of pyridine rings is 1. The van der Waals surface area contributed by atoms with Gasteiger partial charge in [-0.3, -0.25) is 4.98 Å². The molecule has 0 N–H and O–H groups in total. The van der Waals surface area contributed by atoms with Gasteiger partial charge in [0.2, 0.25) is 0 Å². The van der Waals surface area contributed by atoms with E-state index >= 15 is 0 Å². The van der Waals surface area contributed by atoms with E-state index in [2.05, 4.69) is 89.9 Å². The molecule has 0 atom stereocenters. The van der Waals surface area contributed by atoms with Crippen molar-refractivity contribution < 1.29 is 4.42 Å². The molecule has 0 aliphatic heterocycles. The molecule has 0 saturated heterocycles. The summed E-state index contributed by atoms with van der Waals surface area (Å²) in [6.45, 7) is 0. The van der Waals surface area contributed by atoms with Crippen LogP contribution in [0.4, 0.5) is 0 Å². The molecule has 0 unspecified atom stereocenters. The van der Waals surface area contributed by atoms with Crippen molar-refractivity contribution in [2.75, 3.05) is 0 Å². The van der Waals surface area contributed by atoms with Gasteiger partial charge >= 0.3 is 0 Å². The number of benzene rings is 7. The fraction of sp³-hybridized carbons (Fsp3) is 0. The number of hydrogen-bond acceptors (Lipinski definition) is 5. The highest BCUT2D eigenvalue weighted by Crippen LogP contribution is 2.41. The van der Waals surface area contributed by atoms with Crippen molar-refractivity contribution in [2.45, 2.75) is 0 Å². The standard InChI is InChI=1S/C46H28N4O/c1-3-12-29(13-4-1)44-48-45(30-14-5-2-6-15-30)50-46(49-44)39-27-33(38-26-31-16-7-8-17-34(31)36-18-9-10-19-37(36)38)21-23-35(39)32-22-24-41-40(28-32)43-42(51-41)20-11-25-47-43/h1-28H. The number of hydrogen-bond donors (Lipinski definition) is 0. The van der Waals surface area contributed by atoms with Crippen molar-refractivity contribution in [3.8, 4) is 56.4 Å². The minimum absolute atomic E-state index is 0.597. The van der Waals surface area contributed by atoms with Crippen molar-refractivity contribution in [2.24, 2.45) is 0 Å². The Balaban J connectivity index is 1.26. The molecule has 3 aromatic heterocycles.